The molecule has 0 heterocycles. The fourth-order valence-electron chi connectivity index (χ4n) is 1.54. The first-order chi connectivity index (χ1) is 8.54. The molecule has 1 aromatic rings. The average Bonchev–Trinajstić information content (AvgIpc) is 2.34. The second kappa shape index (κ2) is 7.45. The number of benzene rings is 1. The van der Waals surface area contributed by atoms with Gasteiger partial charge in [-0.3, -0.25) is 0 Å². The van der Waals surface area contributed by atoms with Crippen molar-refractivity contribution in [1.29, 1.82) is 0 Å². The third-order valence-electron chi connectivity index (χ3n) is 2.49. The van der Waals surface area contributed by atoms with E-state index in [0.717, 1.165) is 18.4 Å². The molecule has 4 heteroatoms. The van der Waals surface area contributed by atoms with Gasteiger partial charge in [-0.1, -0.05) is 35.8 Å². The molecule has 18 heavy (non-hydrogen) atoms. The maximum Gasteiger partial charge on any atom is 0.333 e. The van der Waals surface area contributed by atoms with Crippen LogP contribution in [0.1, 0.15) is 25.3 Å². The fourth-order valence-corrected chi connectivity index (χ4v) is 1.86. The van der Waals surface area contributed by atoms with Gasteiger partial charge in [-0.2, -0.15) is 0 Å². The normalized spacial score (nSPS) is 10.2. The SMILES string of the molecule is C=C(CCCc1ccc(Cl)c(Cl)c1)C(=O)OCC. The van der Waals surface area contributed by atoms with Crippen LogP contribution in [-0.4, -0.2) is 12.6 Å². The van der Waals surface area contributed by atoms with Gasteiger partial charge in [0.15, 0.2) is 0 Å². The second-order valence-electron chi connectivity index (χ2n) is 3.93. The van der Waals surface area contributed by atoms with Crippen LogP contribution in [0.3, 0.4) is 0 Å². The number of carbonyl (C=O) groups is 1. The van der Waals surface area contributed by atoms with Gasteiger partial charge >= 0.3 is 5.97 Å². The summed E-state index contributed by atoms with van der Waals surface area (Å²) in [7, 11) is 0. The van der Waals surface area contributed by atoms with E-state index in [1.807, 2.05) is 12.1 Å². The molecule has 0 N–H and O–H groups in total. The van der Waals surface area contributed by atoms with Gasteiger partial charge in [0.1, 0.15) is 0 Å². The van der Waals surface area contributed by atoms with Crippen LogP contribution in [0.5, 0.6) is 0 Å². The van der Waals surface area contributed by atoms with Crippen LogP contribution in [0.2, 0.25) is 10.0 Å². The lowest BCUT2D eigenvalue weighted by Crippen LogP contribution is -2.06. The summed E-state index contributed by atoms with van der Waals surface area (Å²) in [4.78, 5) is 11.3. The molecule has 0 spiro atoms. The highest BCUT2D eigenvalue weighted by Crippen LogP contribution is 2.23. The van der Waals surface area contributed by atoms with E-state index in [1.165, 1.54) is 0 Å². The molecule has 0 saturated carbocycles. The summed E-state index contributed by atoms with van der Waals surface area (Å²) in [6.45, 7) is 5.87. The molecule has 0 radical (unpaired) electrons. The molecular formula is C14H16Cl2O2. The van der Waals surface area contributed by atoms with Gasteiger partial charge in [-0.15, -0.1) is 0 Å². The topological polar surface area (TPSA) is 26.3 Å². The van der Waals surface area contributed by atoms with Crippen molar-refractivity contribution in [2.45, 2.75) is 26.2 Å². The highest BCUT2D eigenvalue weighted by molar-refractivity contribution is 6.42. The molecule has 1 rings (SSSR count). The van der Waals surface area contributed by atoms with Gasteiger partial charge in [0.05, 0.1) is 16.7 Å². The van der Waals surface area contributed by atoms with Crippen molar-refractivity contribution < 1.29 is 9.53 Å². The summed E-state index contributed by atoms with van der Waals surface area (Å²) in [6.07, 6.45) is 2.28. The quantitative estimate of drug-likeness (QED) is 0.571. The van der Waals surface area contributed by atoms with E-state index in [9.17, 15) is 4.79 Å². The molecule has 0 aliphatic rings. The Morgan fingerprint density at radius 2 is 2.06 bits per heavy atom. The molecule has 98 valence electrons. The van der Waals surface area contributed by atoms with Crippen LogP contribution in [0.15, 0.2) is 30.4 Å². The molecule has 0 aliphatic carbocycles. The molecule has 1 aromatic carbocycles. The van der Waals surface area contributed by atoms with Crippen molar-refractivity contribution in [3.63, 3.8) is 0 Å². The minimum absolute atomic E-state index is 0.313. The molecular weight excluding hydrogens is 271 g/mol. The smallest absolute Gasteiger partial charge is 0.333 e. The molecule has 0 atom stereocenters. The molecule has 0 unspecified atom stereocenters. The van der Waals surface area contributed by atoms with Crippen molar-refractivity contribution in [2.24, 2.45) is 0 Å². The van der Waals surface area contributed by atoms with Crippen molar-refractivity contribution in [1.82, 2.24) is 0 Å². The standard InChI is InChI=1S/C14H16Cl2O2/c1-3-18-14(17)10(2)5-4-6-11-7-8-12(15)13(16)9-11/h7-9H,2-6H2,1H3. The van der Waals surface area contributed by atoms with Crippen molar-refractivity contribution in [2.75, 3.05) is 6.61 Å². The van der Waals surface area contributed by atoms with Crippen molar-refractivity contribution >= 4 is 29.2 Å². The van der Waals surface area contributed by atoms with E-state index in [1.54, 1.807) is 13.0 Å². The average molecular weight is 287 g/mol. The van der Waals surface area contributed by atoms with E-state index in [-0.39, 0.29) is 5.97 Å². The summed E-state index contributed by atoms with van der Waals surface area (Å²) < 4.78 is 4.86. The number of hydrogen-bond donors (Lipinski definition) is 0. The Morgan fingerprint density at radius 1 is 1.33 bits per heavy atom. The summed E-state index contributed by atoms with van der Waals surface area (Å²) in [5.41, 5.74) is 1.61. The van der Waals surface area contributed by atoms with E-state index < -0.39 is 0 Å². The van der Waals surface area contributed by atoms with Crippen LogP contribution >= 0.6 is 23.2 Å². The molecule has 0 saturated heterocycles. The minimum atomic E-state index is -0.313. The van der Waals surface area contributed by atoms with Gasteiger partial charge in [-0.05, 0) is 43.9 Å². The van der Waals surface area contributed by atoms with E-state index in [2.05, 4.69) is 6.58 Å². The predicted octanol–water partition coefficient (Wildman–Crippen LogP) is 4.44. The van der Waals surface area contributed by atoms with Gasteiger partial charge in [0, 0.05) is 5.57 Å². The van der Waals surface area contributed by atoms with E-state index >= 15 is 0 Å². The zero-order valence-corrected chi connectivity index (χ0v) is 11.9. The van der Waals surface area contributed by atoms with Gasteiger partial charge in [0.2, 0.25) is 0 Å². The molecule has 0 aliphatic heterocycles. The first-order valence-corrected chi connectivity index (χ1v) is 6.59. The third kappa shape index (κ3) is 4.71. The van der Waals surface area contributed by atoms with Crippen LogP contribution in [0, 0.1) is 0 Å². The fraction of sp³-hybridized carbons (Fsp3) is 0.357. The molecule has 0 amide bonds. The largest absolute Gasteiger partial charge is 0.463 e. The zero-order chi connectivity index (χ0) is 13.5. The van der Waals surface area contributed by atoms with E-state index in [4.69, 9.17) is 27.9 Å². The number of hydrogen-bond acceptors (Lipinski definition) is 2. The van der Waals surface area contributed by atoms with Gasteiger partial charge < -0.3 is 4.74 Å². The monoisotopic (exact) mass is 286 g/mol. The Kier molecular flexibility index (Phi) is 6.23. The Labute approximate surface area is 118 Å². The Morgan fingerprint density at radius 3 is 2.67 bits per heavy atom. The Balaban J connectivity index is 2.39. The molecule has 0 aromatic heterocycles. The van der Waals surface area contributed by atoms with Crippen LogP contribution in [-0.2, 0) is 16.0 Å². The lowest BCUT2D eigenvalue weighted by molar-refractivity contribution is -0.138. The maximum absolute atomic E-state index is 11.3. The number of halogens is 2. The van der Waals surface area contributed by atoms with E-state index in [0.29, 0.717) is 28.6 Å². The van der Waals surface area contributed by atoms with Gasteiger partial charge in [-0.25, -0.2) is 4.79 Å². The number of ether oxygens (including phenoxy) is 1. The van der Waals surface area contributed by atoms with Gasteiger partial charge in [0.25, 0.3) is 0 Å². The molecule has 0 fully saturated rings. The first kappa shape index (κ1) is 15.1. The summed E-state index contributed by atoms with van der Waals surface area (Å²) in [5, 5.41) is 1.11. The number of esters is 1. The third-order valence-corrected chi connectivity index (χ3v) is 3.23. The van der Waals surface area contributed by atoms with Crippen LogP contribution in [0.25, 0.3) is 0 Å². The molecule has 0 bridgehead atoms. The Bertz CT molecular complexity index is 441. The first-order valence-electron chi connectivity index (χ1n) is 5.83. The lowest BCUT2D eigenvalue weighted by Gasteiger charge is -2.06. The minimum Gasteiger partial charge on any atom is -0.463 e. The highest BCUT2D eigenvalue weighted by atomic mass is 35.5. The van der Waals surface area contributed by atoms with Crippen LogP contribution < -0.4 is 0 Å². The second-order valence-corrected chi connectivity index (χ2v) is 4.74. The van der Waals surface area contributed by atoms with Crippen molar-refractivity contribution in [3.05, 3.63) is 46.0 Å². The summed E-state index contributed by atoms with van der Waals surface area (Å²) in [5.74, 6) is -0.313. The summed E-state index contributed by atoms with van der Waals surface area (Å²) >= 11 is 11.8. The number of rotatable bonds is 6. The van der Waals surface area contributed by atoms with Crippen LogP contribution in [0.4, 0.5) is 0 Å². The highest BCUT2D eigenvalue weighted by Gasteiger charge is 2.07. The Hall–Kier alpha value is -0.990. The zero-order valence-electron chi connectivity index (χ0n) is 10.3. The predicted molar refractivity (Wildman–Crippen MR) is 75.2 cm³/mol. The van der Waals surface area contributed by atoms with Crippen molar-refractivity contribution in [3.8, 4) is 0 Å². The number of aryl methyl sites for hydroxylation is 1. The maximum atomic E-state index is 11.3. The lowest BCUT2D eigenvalue weighted by atomic mass is 10.1. The molecule has 2 nitrogen and oxygen atoms in total. The number of carbonyl (C=O) groups excluding carboxylic acids is 1. The summed E-state index contributed by atoms with van der Waals surface area (Å²) in [6, 6.07) is 5.55.